The van der Waals surface area contributed by atoms with Crippen molar-refractivity contribution in [2.45, 2.75) is 13.1 Å². The molecule has 0 fully saturated rings. The lowest BCUT2D eigenvalue weighted by Crippen LogP contribution is -2.33. The van der Waals surface area contributed by atoms with E-state index in [4.69, 9.17) is 4.74 Å². The fraction of sp³-hybridized carbons (Fsp3) is 0.250. The molecule has 0 aliphatic heterocycles. The molecule has 0 bridgehead atoms. The SMILES string of the molecule is COCC(=O)N(Cc1ccc(F)cc1)Cc1cc(NC(=O)c2cccs2)ccc1N(C)C. The van der Waals surface area contributed by atoms with Crippen molar-refractivity contribution in [3.05, 3.63) is 81.8 Å². The van der Waals surface area contributed by atoms with Crippen molar-refractivity contribution in [3.8, 4) is 0 Å². The van der Waals surface area contributed by atoms with Crippen molar-refractivity contribution in [3.63, 3.8) is 0 Å². The first-order valence-electron chi connectivity index (χ1n) is 10.0. The molecule has 0 saturated carbocycles. The largest absolute Gasteiger partial charge is 0.377 e. The van der Waals surface area contributed by atoms with Crippen LogP contribution in [0.4, 0.5) is 15.8 Å². The van der Waals surface area contributed by atoms with E-state index in [9.17, 15) is 14.0 Å². The number of halogens is 1. The van der Waals surface area contributed by atoms with Crippen molar-refractivity contribution >= 4 is 34.5 Å². The normalized spacial score (nSPS) is 10.6. The first-order chi connectivity index (χ1) is 15.4. The fourth-order valence-corrected chi connectivity index (χ4v) is 3.91. The molecule has 0 radical (unpaired) electrons. The van der Waals surface area contributed by atoms with Crippen LogP contribution in [-0.2, 0) is 22.6 Å². The molecule has 2 aromatic carbocycles. The van der Waals surface area contributed by atoms with Gasteiger partial charge in [-0.05, 0) is 52.9 Å². The minimum absolute atomic E-state index is 0.0622. The van der Waals surface area contributed by atoms with Gasteiger partial charge in [-0.25, -0.2) is 4.39 Å². The molecule has 1 aromatic heterocycles. The standard InChI is InChI=1S/C24H26FN3O3S/c1-27(2)21-11-10-20(26-24(30)22-5-4-12-32-22)13-18(21)15-28(23(29)16-31-3)14-17-6-8-19(25)9-7-17/h4-13H,14-16H2,1-3H3,(H,26,30). The van der Waals surface area contributed by atoms with Gasteiger partial charge in [0.15, 0.2) is 0 Å². The number of rotatable bonds is 9. The van der Waals surface area contributed by atoms with Gasteiger partial charge in [0.1, 0.15) is 12.4 Å². The lowest BCUT2D eigenvalue weighted by molar-refractivity contribution is -0.136. The van der Waals surface area contributed by atoms with E-state index in [0.717, 1.165) is 16.8 Å². The molecule has 0 aliphatic rings. The molecule has 2 amide bonds. The van der Waals surface area contributed by atoms with Crippen LogP contribution in [0.1, 0.15) is 20.8 Å². The number of carbonyl (C=O) groups excluding carboxylic acids is 2. The van der Waals surface area contributed by atoms with Crippen molar-refractivity contribution in [2.24, 2.45) is 0 Å². The summed E-state index contributed by atoms with van der Waals surface area (Å²) in [7, 11) is 5.31. The third-order valence-electron chi connectivity index (χ3n) is 4.83. The Kier molecular flexibility index (Phi) is 7.97. The molecular formula is C24H26FN3O3S. The first-order valence-corrected chi connectivity index (χ1v) is 10.9. The zero-order valence-corrected chi connectivity index (χ0v) is 19.1. The molecule has 168 valence electrons. The summed E-state index contributed by atoms with van der Waals surface area (Å²) in [5.41, 5.74) is 3.24. The van der Waals surface area contributed by atoms with Crippen LogP contribution in [0.3, 0.4) is 0 Å². The topological polar surface area (TPSA) is 61.9 Å². The number of methoxy groups -OCH3 is 1. The molecule has 32 heavy (non-hydrogen) atoms. The highest BCUT2D eigenvalue weighted by atomic mass is 32.1. The van der Waals surface area contributed by atoms with E-state index in [2.05, 4.69) is 5.32 Å². The Balaban J connectivity index is 1.87. The van der Waals surface area contributed by atoms with Crippen LogP contribution in [0.5, 0.6) is 0 Å². The number of hydrogen-bond donors (Lipinski definition) is 1. The van der Waals surface area contributed by atoms with E-state index >= 15 is 0 Å². The molecule has 0 unspecified atom stereocenters. The Morgan fingerprint density at radius 1 is 1.06 bits per heavy atom. The Morgan fingerprint density at radius 2 is 1.81 bits per heavy atom. The zero-order valence-electron chi connectivity index (χ0n) is 18.3. The zero-order chi connectivity index (χ0) is 23.1. The summed E-state index contributed by atoms with van der Waals surface area (Å²) in [5.74, 6) is -0.690. The molecule has 0 atom stereocenters. The summed E-state index contributed by atoms with van der Waals surface area (Å²) in [6.07, 6.45) is 0. The minimum Gasteiger partial charge on any atom is -0.377 e. The van der Waals surface area contributed by atoms with Gasteiger partial charge in [0.25, 0.3) is 5.91 Å². The lowest BCUT2D eigenvalue weighted by Gasteiger charge is -2.26. The van der Waals surface area contributed by atoms with Gasteiger partial charge in [0.2, 0.25) is 5.91 Å². The molecule has 3 aromatic rings. The van der Waals surface area contributed by atoms with E-state index in [-0.39, 0.29) is 24.2 Å². The number of amides is 2. The fourth-order valence-electron chi connectivity index (χ4n) is 3.29. The predicted octanol–water partition coefficient (Wildman–Crippen LogP) is 4.38. The highest BCUT2D eigenvalue weighted by Crippen LogP contribution is 2.26. The maximum Gasteiger partial charge on any atom is 0.265 e. The molecule has 3 rings (SSSR count). The highest BCUT2D eigenvalue weighted by Gasteiger charge is 2.18. The number of carbonyl (C=O) groups is 2. The smallest absolute Gasteiger partial charge is 0.265 e. The van der Waals surface area contributed by atoms with Crippen molar-refractivity contribution < 1.29 is 18.7 Å². The van der Waals surface area contributed by atoms with Crippen LogP contribution < -0.4 is 10.2 Å². The number of thiophene rings is 1. The molecule has 0 spiro atoms. The molecule has 1 N–H and O–H groups in total. The van der Waals surface area contributed by atoms with Crippen molar-refractivity contribution in [1.82, 2.24) is 4.90 Å². The average molecular weight is 456 g/mol. The van der Waals surface area contributed by atoms with Gasteiger partial charge in [-0.15, -0.1) is 11.3 Å². The maximum absolute atomic E-state index is 13.3. The lowest BCUT2D eigenvalue weighted by atomic mass is 10.1. The van der Waals surface area contributed by atoms with Crippen molar-refractivity contribution in [1.29, 1.82) is 0 Å². The number of hydrogen-bond acceptors (Lipinski definition) is 5. The van der Waals surface area contributed by atoms with E-state index in [1.54, 1.807) is 23.1 Å². The monoisotopic (exact) mass is 455 g/mol. The van der Waals surface area contributed by atoms with Crippen LogP contribution in [0.2, 0.25) is 0 Å². The quantitative estimate of drug-likeness (QED) is 0.520. The Bertz CT molecular complexity index is 1050. The third kappa shape index (κ3) is 6.15. The second kappa shape index (κ2) is 10.9. The van der Waals surface area contributed by atoms with E-state index in [0.29, 0.717) is 23.7 Å². The molecule has 6 nitrogen and oxygen atoms in total. The van der Waals surface area contributed by atoms with Crippen LogP contribution in [0.15, 0.2) is 60.0 Å². The predicted molar refractivity (Wildman–Crippen MR) is 126 cm³/mol. The second-order valence-corrected chi connectivity index (χ2v) is 8.43. The Morgan fingerprint density at radius 3 is 2.44 bits per heavy atom. The van der Waals surface area contributed by atoms with Gasteiger partial charge in [-0.1, -0.05) is 18.2 Å². The summed E-state index contributed by atoms with van der Waals surface area (Å²) in [6.45, 7) is 0.546. The van der Waals surface area contributed by atoms with Gasteiger partial charge in [0, 0.05) is 45.7 Å². The van der Waals surface area contributed by atoms with Crippen LogP contribution in [0, 0.1) is 5.82 Å². The second-order valence-electron chi connectivity index (χ2n) is 7.48. The summed E-state index contributed by atoms with van der Waals surface area (Å²) in [5, 5.41) is 4.77. The van der Waals surface area contributed by atoms with E-state index in [1.165, 1.54) is 30.6 Å². The molecule has 0 saturated heterocycles. The van der Waals surface area contributed by atoms with Gasteiger partial charge >= 0.3 is 0 Å². The van der Waals surface area contributed by atoms with Crippen LogP contribution in [0.25, 0.3) is 0 Å². The number of nitrogens with zero attached hydrogens (tertiary/aromatic N) is 2. The molecule has 8 heteroatoms. The highest BCUT2D eigenvalue weighted by molar-refractivity contribution is 7.12. The van der Waals surface area contributed by atoms with E-state index in [1.807, 2.05) is 48.6 Å². The van der Waals surface area contributed by atoms with Crippen LogP contribution >= 0.6 is 11.3 Å². The summed E-state index contributed by atoms with van der Waals surface area (Å²) >= 11 is 1.37. The minimum atomic E-state index is -0.326. The van der Waals surface area contributed by atoms with Gasteiger partial charge in [-0.3, -0.25) is 9.59 Å². The maximum atomic E-state index is 13.3. The Hall–Kier alpha value is -3.23. The number of nitrogens with one attached hydrogen (secondary N) is 1. The van der Waals surface area contributed by atoms with Gasteiger partial charge < -0.3 is 19.9 Å². The molecular weight excluding hydrogens is 429 g/mol. The molecule has 0 aliphatic carbocycles. The number of ether oxygens (including phenoxy) is 1. The van der Waals surface area contributed by atoms with Crippen molar-refractivity contribution in [2.75, 3.05) is 38.0 Å². The van der Waals surface area contributed by atoms with Gasteiger partial charge in [0.05, 0.1) is 4.88 Å². The average Bonchev–Trinajstić information content (AvgIpc) is 3.30. The summed E-state index contributed by atoms with van der Waals surface area (Å²) < 4.78 is 18.4. The van der Waals surface area contributed by atoms with Gasteiger partial charge in [-0.2, -0.15) is 0 Å². The summed E-state index contributed by atoms with van der Waals surface area (Å²) in [6, 6.07) is 15.3. The Labute approximate surface area is 191 Å². The summed E-state index contributed by atoms with van der Waals surface area (Å²) in [4.78, 5) is 29.5. The number of anilines is 2. The number of benzene rings is 2. The van der Waals surface area contributed by atoms with Crippen LogP contribution in [-0.4, -0.2) is 44.5 Å². The molecule has 1 heterocycles. The third-order valence-corrected chi connectivity index (χ3v) is 5.70. The van der Waals surface area contributed by atoms with E-state index < -0.39 is 0 Å². The first kappa shape index (κ1) is 23.4.